The van der Waals surface area contributed by atoms with Crippen LogP contribution in [0.2, 0.25) is 0 Å². The van der Waals surface area contributed by atoms with Gasteiger partial charge in [-0.05, 0) is 50.5 Å². The van der Waals surface area contributed by atoms with E-state index in [9.17, 15) is 10.2 Å². The molecule has 0 bridgehead atoms. The first-order chi connectivity index (χ1) is 15.9. The molecule has 0 spiro atoms. The van der Waals surface area contributed by atoms with Gasteiger partial charge in [0.25, 0.3) is 0 Å². The van der Waals surface area contributed by atoms with Crippen molar-refractivity contribution in [2.75, 3.05) is 35.2 Å². The number of aliphatic hydroxyl groups is 1. The number of nitrogens with two attached hydrogens (primary N) is 1. The van der Waals surface area contributed by atoms with Gasteiger partial charge in [0.15, 0.2) is 5.82 Å². The molecule has 0 aliphatic carbocycles. The van der Waals surface area contributed by atoms with Gasteiger partial charge in [0.1, 0.15) is 17.7 Å². The maximum Gasteiger partial charge on any atom is 0.206 e. The summed E-state index contributed by atoms with van der Waals surface area (Å²) in [6, 6.07) is 11.0. The lowest BCUT2D eigenvalue weighted by Crippen LogP contribution is -2.35. The largest absolute Gasteiger partial charge is 0.507 e. The lowest BCUT2D eigenvalue weighted by atomic mass is 10.1. The average Bonchev–Trinajstić information content (AvgIpc) is 3.00. The van der Waals surface area contributed by atoms with Gasteiger partial charge in [0.05, 0.1) is 11.4 Å². The number of nitrogens with zero attached hydrogens (tertiary/aromatic N) is 6. The molecule has 9 heteroatoms. The zero-order valence-corrected chi connectivity index (χ0v) is 18.7. The van der Waals surface area contributed by atoms with Crippen LogP contribution in [-0.4, -0.2) is 62.2 Å². The van der Waals surface area contributed by atoms with Crippen molar-refractivity contribution in [3.8, 4) is 28.8 Å². The number of aromatic nitrogens is 4. The highest BCUT2D eigenvalue weighted by atomic mass is 16.3. The summed E-state index contributed by atoms with van der Waals surface area (Å²) in [4.78, 5) is 13.2. The van der Waals surface area contributed by atoms with E-state index in [0.29, 0.717) is 29.4 Å². The van der Waals surface area contributed by atoms with Crippen molar-refractivity contribution in [3.63, 3.8) is 0 Å². The lowest BCUT2D eigenvalue weighted by molar-refractivity contribution is 0.253. The number of rotatable bonds is 3. The number of anilines is 3. The third-order valence-corrected chi connectivity index (χ3v) is 5.61. The summed E-state index contributed by atoms with van der Waals surface area (Å²) in [5.41, 5.74) is 8.18. The molecule has 0 amide bonds. The maximum absolute atomic E-state index is 10.2. The van der Waals surface area contributed by atoms with Gasteiger partial charge < -0.3 is 25.7 Å². The lowest BCUT2D eigenvalue weighted by Gasteiger charge is -2.28. The van der Waals surface area contributed by atoms with E-state index in [1.54, 1.807) is 31.3 Å². The van der Waals surface area contributed by atoms with Gasteiger partial charge in [-0.2, -0.15) is 0 Å². The molecule has 9 nitrogen and oxygen atoms in total. The van der Waals surface area contributed by atoms with Crippen molar-refractivity contribution in [2.24, 2.45) is 0 Å². The molecule has 1 saturated heterocycles. The van der Waals surface area contributed by atoms with Crippen LogP contribution in [0.25, 0.3) is 11.3 Å². The molecule has 3 aromatic rings. The van der Waals surface area contributed by atoms with Crippen LogP contribution in [0.1, 0.15) is 26.1 Å². The van der Waals surface area contributed by atoms with Crippen LogP contribution in [0, 0.1) is 11.8 Å². The monoisotopic (exact) mass is 445 g/mol. The van der Waals surface area contributed by atoms with Crippen LogP contribution in [-0.2, 0) is 0 Å². The fourth-order valence-electron chi connectivity index (χ4n) is 3.85. The fraction of sp³-hybridized carbons (Fsp3) is 0.333. The maximum atomic E-state index is 10.2. The molecular weight excluding hydrogens is 418 g/mol. The molecular formula is C24H27N7O2. The molecule has 4 N–H and O–H groups in total. The van der Waals surface area contributed by atoms with Gasteiger partial charge in [0, 0.05) is 37.4 Å². The summed E-state index contributed by atoms with van der Waals surface area (Å²) >= 11 is 0. The summed E-state index contributed by atoms with van der Waals surface area (Å²) in [6.07, 6.45) is 1.84. The predicted molar refractivity (Wildman–Crippen MR) is 128 cm³/mol. The quantitative estimate of drug-likeness (QED) is 0.520. The van der Waals surface area contributed by atoms with Gasteiger partial charge >= 0.3 is 0 Å². The van der Waals surface area contributed by atoms with Gasteiger partial charge in [-0.1, -0.05) is 18.1 Å². The Balaban J connectivity index is 1.57. The molecule has 33 heavy (non-hydrogen) atoms. The van der Waals surface area contributed by atoms with Crippen LogP contribution in [0.15, 0.2) is 42.6 Å². The van der Waals surface area contributed by atoms with Crippen molar-refractivity contribution in [1.82, 2.24) is 20.2 Å². The highest BCUT2D eigenvalue weighted by Crippen LogP contribution is 2.32. The second-order valence-electron chi connectivity index (χ2n) is 8.02. The molecule has 170 valence electrons. The van der Waals surface area contributed by atoms with Gasteiger partial charge in [-0.3, -0.25) is 0 Å². The highest BCUT2D eigenvalue weighted by Gasteiger charge is 2.24. The second-order valence-corrected chi connectivity index (χ2v) is 8.02. The van der Waals surface area contributed by atoms with E-state index in [-0.39, 0.29) is 11.8 Å². The molecule has 1 aliphatic heterocycles. The average molecular weight is 446 g/mol. The van der Waals surface area contributed by atoms with E-state index in [0.717, 1.165) is 31.0 Å². The van der Waals surface area contributed by atoms with E-state index in [4.69, 9.17) is 5.73 Å². The second kappa shape index (κ2) is 9.71. The van der Waals surface area contributed by atoms with E-state index in [1.807, 2.05) is 18.2 Å². The summed E-state index contributed by atoms with van der Waals surface area (Å²) in [5, 5.41) is 27.9. The Morgan fingerprint density at radius 2 is 1.97 bits per heavy atom. The minimum Gasteiger partial charge on any atom is -0.507 e. The Labute approximate surface area is 192 Å². The highest BCUT2D eigenvalue weighted by molar-refractivity contribution is 5.74. The zero-order chi connectivity index (χ0) is 23.4. The molecule has 0 unspecified atom stereocenters. The number of aromatic hydroxyl groups is 1. The third kappa shape index (κ3) is 5.13. The predicted octanol–water partition coefficient (Wildman–Crippen LogP) is 2.06. The fourth-order valence-corrected chi connectivity index (χ4v) is 3.85. The Kier molecular flexibility index (Phi) is 6.56. The Morgan fingerprint density at radius 1 is 1.15 bits per heavy atom. The van der Waals surface area contributed by atoms with E-state index in [2.05, 4.69) is 48.7 Å². The van der Waals surface area contributed by atoms with Gasteiger partial charge in [-0.25, -0.2) is 9.97 Å². The van der Waals surface area contributed by atoms with E-state index in [1.165, 1.54) is 0 Å². The SMILES string of the molecule is C[C@@H]1CCN(c2cc(-c3ccccc3O)nnc2N)CCN1c1ccnc(C#C[C@@H](C)O)n1. The van der Waals surface area contributed by atoms with Crippen LogP contribution < -0.4 is 15.5 Å². The first kappa shape index (κ1) is 22.3. The smallest absolute Gasteiger partial charge is 0.206 e. The molecule has 1 fully saturated rings. The first-order valence-electron chi connectivity index (χ1n) is 10.9. The number of benzene rings is 1. The number of hydrogen-bond donors (Lipinski definition) is 3. The molecule has 0 radical (unpaired) electrons. The number of aliphatic hydroxyl groups excluding tert-OH is 1. The summed E-state index contributed by atoms with van der Waals surface area (Å²) in [6.45, 7) is 5.97. The number of para-hydroxylation sites is 1. The molecule has 2 aromatic heterocycles. The van der Waals surface area contributed by atoms with Gasteiger partial charge in [0.2, 0.25) is 5.82 Å². The standard InChI is InChI=1S/C24H27N7O2/c1-16-10-12-30(13-14-31(16)23-9-11-26-22(27-23)8-7-17(2)32)20-15-19(28-29-24(20)25)18-5-3-4-6-21(18)33/h3-6,9,11,15-17,32-33H,10,12-14H2,1-2H3,(H2,25,29)/t16-,17-/m1/s1. The van der Waals surface area contributed by atoms with Gasteiger partial charge in [-0.15, -0.1) is 10.2 Å². The third-order valence-electron chi connectivity index (χ3n) is 5.61. The van der Waals surface area contributed by atoms with Crippen molar-refractivity contribution in [2.45, 2.75) is 32.4 Å². The molecule has 4 rings (SSSR count). The number of hydrogen-bond acceptors (Lipinski definition) is 9. The number of phenolic OH excluding ortho intramolecular Hbond substituents is 1. The summed E-state index contributed by atoms with van der Waals surface area (Å²) in [7, 11) is 0. The molecule has 0 saturated carbocycles. The number of nitrogen functional groups attached to an aromatic ring is 1. The Hall–Kier alpha value is -3.90. The van der Waals surface area contributed by atoms with Crippen LogP contribution in [0.3, 0.4) is 0 Å². The van der Waals surface area contributed by atoms with E-state index < -0.39 is 6.10 Å². The normalized spacial score (nSPS) is 17.1. The van der Waals surface area contributed by atoms with Crippen LogP contribution >= 0.6 is 0 Å². The number of phenols is 1. The van der Waals surface area contributed by atoms with Crippen molar-refractivity contribution in [3.05, 3.63) is 48.4 Å². The molecule has 1 aromatic carbocycles. The Morgan fingerprint density at radius 3 is 2.76 bits per heavy atom. The zero-order valence-electron chi connectivity index (χ0n) is 18.7. The topological polar surface area (TPSA) is 125 Å². The van der Waals surface area contributed by atoms with E-state index >= 15 is 0 Å². The van der Waals surface area contributed by atoms with Crippen molar-refractivity contribution < 1.29 is 10.2 Å². The Bertz CT molecular complexity index is 1190. The summed E-state index contributed by atoms with van der Waals surface area (Å²) in [5.74, 6) is 7.18. The van der Waals surface area contributed by atoms with Crippen molar-refractivity contribution in [1.29, 1.82) is 0 Å². The summed E-state index contributed by atoms with van der Waals surface area (Å²) < 4.78 is 0. The van der Waals surface area contributed by atoms with Crippen molar-refractivity contribution >= 4 is 17.3 Å². The molecule has 2 atom stereocenters. The minimum atomic E-state index is -0.731. The van der Waals surface area contributed by atoms with Crippen LogP contribution in [0.4, 0.5) is 17.3 Å². The minimum absolute atomic E-state index is 0.149. The van der Waals surface area contributed by atoms with Crippen LogP contribution in [0.5, 0.6) is 5.75 Å². The first-order valence-corrected chi connectivity index (χ1v) is 10.9. The molecule has 3 heterocycles. The molecule has 1 aliphatic rings.